The molecular formula is C20H23N5. The Labute approximate surface area is 148 Å². The molecule has 0 spiro atoms. The van der Waals surface area contributed by atoms with Gasteiger partial charge in [0, 0.05) is 55.5 Å². The summed E-state index contributed by atoms with van der Waals surface area (Å²) in [4.78, 5) is 11.7. The van der Waals surface area contributed by atoms with Crippen LogP contribution in [0.15, 0.2) is 42.7 Å². The molecule has 0 radical (unpaired) electrons. The Kier molecular flexibility index (Phi) is 4.57. The number of aromatic nitrogens is 4. The van der Waals surface area contributed by atoms with E-state index in [0.717, 1.165) is 50.4 Å². The molecule has 0 saturated carbocycles. The molecule has 0 atom stereocenters. The average molecular weight is 333 g/mol. The molecule has 128 valence electrons. The first kappa shape index (κ1) is 16.0. The summed E-state index contributed by atoms with van der Waals surface area (Å²) in [5, 5.41) is 7.41. The van der Waals surface area contributed by atoms with Gasteiger partial charge in [-0.2, -0.15) is 5.10 Å². The number of hydrogen-bond acceptors (Lipinski definition) is 4. The van der Waals surface area contributed by atoms with Crippen molar-refractivity contribution in [2.75, 3.05) is 6.54 Å². The summed E-state index contributed by atoms with van der Waals surface area (Å²) in [7, 11) is 0. The van der Waals surface area contributed by atoms with Crippen molar-refractivity contribution in [3.63, 3.8) is 0 Å². The number of rotatable bonds is 5. The van der Waals surface area contributed by atoms with Crippen LogP contribution in [0.2, 0.25) is 0 Å². The Morgan fingerprint density at radius 1 is 1.16 bits per heavy atom. The van der Waals surface area contributed by atoms with Crippen LogP contribution in [0.25, 0.3) is 11.3 Å². The molecule has 25 heavy (non-hydrogen) atoms. The second kappa shape index (κ2) is 7.15. The van der Waals surface area contributed by atoms with E-state index in [1.54, 1.807) is 0 Å². The summed E-state index contributed by atoms with van der Waals surface area (Å²) in [5.74, 6) is 0.982. The molecule has 0 saturated heterocycles. The summed E-state index contributed by atoms with van der Waals surface area (Å²) in [5.41, 5.74) is 6.01. The van der Waals surface area contributed by atoms with Crippen molar-refractivity contribution < 1.29 is 0 Å². The average Bonchev–Trinajstić information content (AvgIpc) is 3.11. The molecule has 0 aliphatic carbocycles. The number of nitrogens with zero attached hydrogens (tertiary/aromatic N) is 4. The fourth-order valence-corrected chi connectivity index (χ4v) is 3.42. The van der Waals surface area contributed by atoms with E-state index in [1.165, 1.54) is 22.4 Å². The molecule has 0 bridgehead atoms. The smallest absolute Gasteiger partial charge is 0.128 e. The van der Waals surface area contributed by atoms with Crippen molar-refractivity contribution in [1.82, 2.24) is 25.1 Å². The molecule has 3 heterocycles. The monoisotopic (exact) mass is 333 g/mol. The molecule has 0 amide bonds. The van der Waals surface area contributed by atoms with Gasteiger partial charge in [0.05, 0.1) is 11.9 Å². The number of H-pyrrole nitrogens is 1. The maximum atomic E-state index is 4.74. The Morgan fingerprint density at radius 3 is 2.88 bits per heavy atom. The Hall–Kier alpha value is -2.53. The van der Waals surface area contributed by atoms with Crippen LogP contribution >= 0.6 is 0 Å². The largest absolute Gasteiger partial charge is 0.294 e. The highest BCUT2D eigenvalue weighted by Gasteiger charge is 2.20. The summed E-state index contributed by atoms with van der Waals surface area (Å²) in [6.07, 6.45) is 7.01. The van der Waals surface area contributed by atoms with Crippen molar-refractivity contribution in [3.05, 3.63) is 65.4 Å². The molecule has 1 aromatic carbocycles. The maximum absolute atomic E-state index is 4.74. The molecule has 5 heteroatoms. The zero-order valence-corrected chi connectivity index (χ0v) is 14.6. The predicted molar refractivity (Wildman–Crippen MR) is 97.9 cm³/mol. The van der Waals surface area contributed by atoms with Gasteiger partial charge < -0.3 is 0 Å². The Balaban J connectivity index is 1.50. The standard InChI is InChI=1S/C20H23N5/c1-2-6-19-21-11-16-13-25(10-9-18(16)23-19)14-17-12-22-24-20(17)15-7-4-3-5-8-15/h3-5,7-8,11-12H,2,6,9-10,13-14H2,1H3,(H,22,24). The minimum absolute atomic E-state index is 0.886. The summed E-state index contributed by atoms with van der Waals surface area (Å²) < 4.78 is 0. The third-order valence-electron chi connectivity index (χ3n) is 4.71. The van der Waals surface area contributed by atoms with Gasteiger partial charge in [-0.1, -0.05) is 37.3 Å². The van der Waals surface area contributed by atoms with Gasteiger partial charge in [-0.3, -0.25) is 10.00 Å². The third-order valence-corrected chi connectivity index (χ3v) is 4.71. The van der Waals surface area contributed by atoms with E-state index in [-0.39, 0.29) is 0 Å². The Bertz CT molecular complexity index is 840. The lowest BCUT2D eigenvalue weighted by atomic mass is 10.0. The SMILES string of the molecule is CCCc1ncc2c(n1)CCN(Cc1cn[nH]c1-c1ccccc1)C2. The van der Waals surface area contributed by atoms with Gasteiger partial charge in [0.25, 0.3) is 0 Å². The number of aromatic amines is 1. The van der Waals surface area contributed by atoms with Gasteiger partial charge in [0.1, 0.15) is 5.82 Å². The molecule has 5 nitrogen and oxygen atoms in total. The first-order valence-corrected chi connectivity index (χ1v) is 8.97. The van der Waals surface area contributed by atoms with E-state index in [1.807, 2.05) is 18.5 Å². The molecule has 1 N–H and O–H groups in total. The second-order valence-corrected chi connectivity index (χ2v) is 6.61. The van der Waals surface area contributed by atoms with Crippen molar-refractivity contribution in [2.24, 2.45) is 0 Å². The van der Waals surface area contributed by atoms with Crippen LogP contribution in [-0.2, 0) is 25.9 Å². The van der Waals surface area contributed by atoms with E-state index in [0.29, 0.717) is 0 Å². The van der Waals surface area contributed by atoms with Crippen LogP contribution in [0.5, 0.6) is 0 Å². The van der Waals surface area contributed by atoms with E-state index in [9.17, 15) is 0 Å². The lowest BCUT2D eigenvalue weighted by molar-refractivity contribution is 0.243. The number of aryl methyl sites for hydroxylation is 1. The summed E-state index contributed by atoms with van der Waals surface area (Å²) in [6.45, 7) is 4.98. The second-order valence-electron chi connectivity index (χ2n) is 6.61. The van der Waals surface area contributed by atoms with Crippen LogP contribution in [-0.4, -0.2) is 31.6 Å². The van der Waals surface area contributed by atoms with Crippen LogP contribution in [0, 0.1) is 0 Å². The summed E-state index contributed by atoms with van der Waals surface area (Å²) in [6, 6.07) is 10.4. The highest BCUT2D eigenvalue weighted by molar-refractivity contribution is 5.62. The van der Waals surface area contributed by atoms with E-state index >= 15 is 0 Å². The highest BCUT2D eigenvalue weighted by Crippen LogP contribution is 2.24. The van der Waals surface area contributed by atoms with Gasteiger partial charge >= 0.3 is 0 Å². The zero-order chi connectivity index (χ0) is 17.1. The topological polar surface area (TPSA) is 57.7 Å². The quantitative estimate of drug-likeness (QED) is 0.778. The van der Waals surface area contributed by atoms with Gasteiger partial charge in [0.2, 0.25) is 0 Å². The summed E-state index contributed by atoms with van der Waals surface area (Å²) >= 11 is 0. The van der Waals surface area contributed by atoms with E-state index in [2.05, 4.69) is 51.3 Å². The molecule has 3 aromatic rings. The van der Waals surface area contributed by atoms with E-state index < -0.39 is 0 Å². The molecule has 1 aliphatic heterocycles. The maximum Gasteiger partial charge on any atom is 0.128 e. The molecule has 1 aliphatic rings. The minimum atomic E-state index is 0.886. The number of hydrogen-bond donors (Lipinski definition) is 1. The number of nitrogens with one attached hydrogen (secondary N) is 1. The van der Waals surface area contributed by atoms with Gasteiger partial charge in [-0.15, -0.1) is 0 Å². The van der Waals surface area contributed by atoms with Gasteiger partial charge in [0.15, 0.2) is 0 Å². The van der Waals surface area contributed by atoms with E-state index in [4.69, 9.17) is 4.98 Å². The third kappa shape index (κ3) is 3.46. The first-order chi connectivity index (χ1) is 12.3. The number of benzene rings is 1. The first-order valence-electron chi connectivity index (χ1n) is 8.97. The van der Waals surface area contributed by atoms with Crippen molar-refractivity contribution in [2.45, 2.75) is 39.3 Å². The lowest BCUT2D eigenvalue weighted by Crippen LogP contribution is -2.31. The zero-order valence-electron chi connectivity index (χ0n) is 14.6. The fourth-order valence-electron chi connectivity index (χ4n) is 3.42. The molecule has 0 unspecified atom stereocenters. The minimum Gasteiger partial charge on any atom is -0.294 e. The van der Waals surface area contributed by atoms with Crippen LogP contribution in [0.4, 0.5) is 0 Å². The normalized spacial score (nSPS) is 14.4. The number of fused-ring (bicyclic) bond motifs is 1. The molecular weight excluding hydrogens is 310 g/mol. The predicted octanol–water partition coefficient (Wildman–Crippen LogP) is 3.38. The van der Waals surface area contributed by atoms with Crippen molar-refractivity contribution >= 4 is 0 Å². The highest BCUT2D eigenvalue weighted by atomic mass is 15.2. The Morgan fingerprint density at radius 2 is 2.04 bits per heavy atom. The van der Waals surface area contributed by atoms with Crippen LogP contribution < -0.4 is 0 Å². The van der Waals surface area contributed by atoms with Crippen molar-refractivity contribution in [1.29, 1.82) is 0 Å². The van der Waals surface area contributed by atoms with Crippen LogP contribution in [0.3, 0.4) is 0 Å². The molecule has 4 rings (SSSR count). The van der Waals surface area contributed by atoms with Crippen LogP contribution in [0.1, 0.15) is 36.0 Å². The fraction of sp³-hybridized carbons (Fsp3) is 0.350. The molecule has 2 aromatic heterocycles. The van der Waals surface area contributed by atoms with Gasteiger partial charge in [-0.05, 0) is 12.0 Å². The van der Waals surface area contributed by atoms with Gasteiger partial charge in [-0.25, -0.2) is 9.97 Å². The van der Waals surface area contributed by atoms with Crippen molar-refractivity contribution in [3.8, 4) is 11.3 Å². The lowest BCUT2D eigenvalue weighted by Gasteiger charge is -2.28. The molecule has 0 fully saturated rings.